The molecule has 0 radical (unpaired) electrons. The molecule has 0 saturated heterocycles. The number of benzene rings is 1. The quantitative estimate of drug-likeness (QED) is 0.628. The van der Waals surface area contributed by atoms with Gasteiger partial charge in [0.05, 0.1) is 13.2 Å². The Morgan fingerprint density at radius 2 is 2.04 bits per heavy atom. The molecule has 7 nitrogen and oxygen atoms in total. The third-order valence-corrected chi connectivity index (χ3v) is 5.30. The highest BCUT2D eigenvalue weighted by Crippen LogP contribution is 2.27. The molecule has 0 bridgehead atoms. The highest BCUT2D eigenvalue weighted by molar-refractivity contribution is 7.89. The maximum Gasteiger partial charge on any atom is 0.250 e. The number of aliphatic hydroxyl groups excluding tert-OH is 1. The van der Waals surface area contributed by atoms with E-state index in [2.05, 4.69) is 10.0 Å². The zero-order valence-corrected chi connectivity index (χ0v) is 14.0. The van der Waals surface area contributed by atoms with E-state index in [1.165, 1.54) is 26.2 Å². The summed E-state index contributed by atoms with van der Waals surface area (Å²) in [6.07, 6.45) is 0.692. The third kappa shape index (κ3) is 4.66. The van der Waals surface area contributed by atoms with E-state index >= 15 is 0 Å². The lowest BCUT2D eigenvalue weighted by Crippen LogP contribution is -2.49. The van der Waals surface area contributed by atoms with Gasteiger partial charge in [0.15, 0.2) is 0 Å². The average Bonchev–Trinajstić information content (AvgIpc) is 3.35. The summed E-state index contributed by atoms with van der Waals surface area (Å²) in [5, 5.41) is 12.6. The summed E-state index contributed by atoms with van der Waals surface area (Å²) in [4.78, 5) is 11.8. The van der Waals surface area contributed by atoms with Crippen molar-refractivity contribution in [2.24, 2.45) is 5.92 Å². The molecule has 0 spiro atoms. The van der Waals surface area contributed by atoms with Crippen LogP contribution >= 0.6 is 0 Å². The predicted molar refractivity (Wildman–Crippen MR) is 84.5 cm³/mol. The third-order valence-electron chi connectivity index (χ3n) is 3.70. The van der Waals surface area contributed by atoms with E-state index in [4.69, 9.17) is 4.74 Å². The largest absolute Gasteiger partial charge is 0.495 e. The normalized spacial score (nSPS) is 17.3. The van der Waals surface area contributed by atoms with Gasteiger partial charge in [0.2, 0.25) is 10.0 Å². The molecule has 1 saturated carbocycles. The van der Waals surface area contributed by atoms with Crippen molar-refractivity contribution >= 4 is 15.9 Å². The van der Waals surface area contributed by atoms with Crippen molar-refractivity contribution < 1.29 is 23.1 Å². The van der Waals surface area contributed by atoms with Gasteiger partial charge in [0.25, 0.3) is 5.91 Å². The smallest absolute Gasteiger partial charge is 0.250 e. The Balaban J connectivity index is 2.01. The summed E-state index contributed by atoms with van der Waals surface area (Å²) in [7, 11) is -2.54. The van der Waals surface area contributed by atoms with Crippen LogP contribution in [0.15, 0.2) is 29.2 Å². The van der Waals surface area contributed by atoms with Crippen LogP contribution in [0.1, 0.15) is 19.8 Å². The van der Waals surface area contributed by atoms with Gasteiger partial charge in [-0.05, 0) is 37.8 Å². The molecular weight excluding hydrogens is 320 g/mol. The summed E-state index contributed by atoms with van der Waals surface area (Å²) in [6, 6.07) is 5.18. The Kier molecular flexibility index (Phi) is 5.61. The number of carbonyl (C=O) groups excluding carboxylic acids is 1. The number of ether oxygens (including phenoxy) is 1. The predicted octanol–water partition coefficient (Wildman–Crippen LogP) is 0.249. The number of rotatable bonds is 8. The zero-order valence-electron chi connectivity index (χ0n) is 13.2. The van der Waals surface area contributed by atoms with E-state index in [0.29, 0.717) is 12.5 Å². The number of methoxy groups -OCH3 is 1. The zero-order chi connectivity index (χ0) is 17.0. The van der Waals surface area contributed by atoms with Crippen LogP contribution in [0.2, 0.25) is 0 Å². The molecule has 0 aliphatic heterocycles. The number of hydrogen-bond donors (Lipinski definition) is 3. The second-order valence-electron chi connectivity index (χ2n) is 5.69. The van der Waals surface area contributed by atoms with Crippen LogP contribution in [0.3, 0.4) is 0 Å². The van der Waals surface area contributed by atoms with Crippen molar-refractivity contribution in [3.05, 3.63) is 24.3 Å². The van der Waals surface area contributed by atoms with Gasteiger partial charge >= 0.3 is 0 Å². The molecule has 0 heterocycles. The first kappa shape index (κ1) is 17.7. The number of amides is 1. The van der Waals surface area contributed by atoms with Crippen LogP contribution < -0.4 is 14.8 Å². The standard InChI is InChI=1S/C15H22N2O5S/c1-10(14(18)15(19)16-9-11-7-8-11)17-23(20,21)13-6-4-3-5-12(13)22-2/h3-6,10-11,14,17-18H,7-9H2,1-2H3,(H,16,19). The minimum absolute atomic E-state index is 0.0417. The molecule has 3 N–H and O–H groups in total. The topological polar surface area (TPSA) is 105 Å². The van der Waals surface area contributed by atoms with Crippen molar-refractivity contribution in [2.75, 3.05) is 13.7 Å². The lowest BCUT2D eigenvalue weighted by Gasteiger charge is -2.20. The summed E-state index contributed by atoms with van der Waals surface area (Å²) in [6.45, 7) is 1.95. The fraction of sp³-hybridized carbons (Fsp3) is 0.533. The minimum Gasteiger partial charge on any atom is -0.495 e. The van der Waals surface area contributed by atoms with Crippen LogP contribution in [-0.4, -0.2) is 45.2 Å². The number of sulfonamides is 1. The number of hydrogen-bond acceptors (Lipinski definition) is 5. The lowest BCUT2D eigenvalue weighted by molar-refractivity contribution is -0.130. The van der Waals surface area contributed by atoms with Crippen LogP contribution in [0, 0.1) is 5.92 Å². The Morgan fingerprint density at radius 3 is 2.65 bits per heavy atom. The molecule has 1 aromatic carbocycles. The Hall–Kier alpha value is -1.64. The van der Waals surface area contributed by atoms with Crippen LogP contribution in [0.4, 0.5) is 0 Å². The molecular formula is C15H22N2O5S. The molecule has 1 aliphatic carbocycles. The van der Waals surface area contributed by atoms with Gasteiger partial charge in [-0.1, -0.05) is 12.1 Å². The Morgan fingerprint density at radius 1 is 1.39 bits per heavy atom. The van der Waals surface area contributed by atoms with Gasteiger partial charge in [-0.25, -0.2) is 13.1 Å². The fourth-order valence-electron chi connectivity index (χ4n) is 2.11. The molecule has 0 aromatic heterocycles. The number of carbonyl (C=O) groups is 1. The van der Waals surface area contributed by atoms with Gasteiger partial charge in [-0.2, -0.15) is 0 Å². The monoisotopic (exact) mass is 342 g/mol. The van der Waals surface area contributed by atoms with E-state index < -0.39 is 28.1 Å². The van der Waals surface area contributed by atoms with Gasteiger partial charge in [-0.3, -0.25) is 4.79 Å². The molecule has 23 heavy (non-hydrogen) atoms. The van der Waals surface area contributed by atoms with Crippen LogP contribution in [0.25, 0.3) is 0 Å². The maximum atomic E-state index is 12.4. The highest BCUT2D eigenvalue weighted by atomic mass is 32.2. The Bertz CT molecular complexity index is 658. The van der Waals surface area contributed by atoms with Gasteiger partial charge < -0.3 is 15.2 Å². The summed E-state index contributed by atoms with van der Waals surface area (Å²) >= 11 is 0. The molecule has 8 heteroatoms. The van der Waals surface area contributed by atoms with Crippen molar-refractivity contribution in [2.45, 2.75) is 36.8 Å². The molecule has 1 fully saturated rings. The Labute approximate surface area is 136 Å². The summed E-state index contributed by atoms with van der Waals surface area (Å²) < 4.78 is 32.1. The number of aliphatic hydroxyl groups is 1. The average molecular weight is 342 g/mol. The minimum atomic E-state index is -3.91. The molecule has 1 aliphatic rings. The van der Waals surface area contributed by atoms with Crippen LogP contribution in [-0.2, 0) is 14.8 Å². The number of para-hydroxylation sites is 1. The van der Waals surface area contributed by atoms with E-state index in [1.54, 1.807) is 12.1 Å². The number of nitrogens with one attached hydrogen (secondary N) is 2. The van der Waals surface area contributed by atoms with Gasteiger partial charge in [0.1, 0.15) is 16.7 Å². The first-order valence-electron chi connectivity index (χ1n) is 7.46. The maximum absolute atomic E-state index is 12.4. The first-order valence-corrected chi connectivity index (χ1v) is 8.94. The lowest BCUT2D eigenvalue weighted by atomic mass is 10.2. The molecule has 128 valence electrons. The molecule has 1 amide bonds. The summed E-state index contributed by atoms with van der Waals surface area (Å²) in [5.41, 5.74) is 0. The van der Waals surface area contributed by atoms with Gasteiger partial charge in [-0.15, -0.1) is 0 Å². The van der Waals surface area contributed by atoms with Crippen molar-refractivity contribution in [3.8, 4) is 5.75 Å². The van der Waals surface area contributed by atoms with Crippen molar-refractivity contribution in [1.29, 1.82) is 0 Å². The van der Waals surface area contributed by atoms with E-state index in [1.807, 2.05) is 0 Å². The first-order chi connectivity index (χ1) is 10.8. The van der Waals surface area contributed by atoms with E-state index in [0.717, 1.165) is 12.8 Å². The molecule has 2 atom stereocenters. The second kappa shape index (κ2) is 7.29. The van der Waals surface area contributed by atoms with Crippen molar-refractivity contribution in [3.63, 3.8) is 0 Å². The van der Waals surface area contributed by atoms with Gasteiger partial charge in [0, 0.05) is 6.54 Å². The molecule has 2 rings (SSSR count). The second-order valence-corrected chi connectivity index (χ2v) is 7.38. The van der Waals surface area contributed by atoms with Crippen LogP contribution in [0.5, 0.6) is 5.75 Å². The summed E-state index contributed by atoms with van der Waals surface area (Å²) in [5.74, 6) is 0.0960. The SMILES string of the molecule is COc1ccccc1S(=O)(=O)NC(C)C(O)C(=O)NCC1CC1. The van der Waals surface area contributed by atoms with Crippen molar-refractivity contribution in [1.82, 2.24) is 10.0 Å². The van der Waals surface area contributed by atoms with E-state index in [9.17, 15) is 18.3 Å². The van der Waals surface area contributed by atoms with E-state index in [-0.39, 0.29) is 10.6 Å². The highest BCUT2D eigenvalue weighted by Gasteiger charge is 2.30. The molecule has 2 unspecified atom stereocenters. The molecule has 1 aromatic rings. The fourth-order valence-corrected chi connectivity index (χ4v) is 3.53.